The number of carbonyl (C=O) groups is 2. The summed E-state index contributed by atoms with van der Waals surface area (Å²) in [6.45, 7) is 1.70. The molecule has 0 spiro atoms. The van der Waals surface area contributed by atoms with Crippen molar-refractivity contribution in [1.82, 2.24) is 15.3 Å². The number of allylic oxidation sites excluding steroid dienone is 3. The van der Waals surface area contributed by atoms with Gasteiger partial charge in [0.1, 0.15) is 11.5 Å². The van der Waals surface area contributed by atoms with E-state index >= 15 is 0 Å². The summed E-state index contributed by atoms with van der Waals surface area (Å²) in [7, 11) is 1.62. The van der Waals surface area contributed by atoms with Crippen molar-refractivity contribution in [2.45, 2.75) is 38.2 Å². The molecule has 0 saturated carbocycles. The number of dihydropyridines is 1. The van der Waals surface area contributed by atoms with E-state index in [2.05, 4.69) is 15.3 Å². The molecular weight excluding hydrogens is 470 g/mol. The molecule has 37 heavy (non-hydrogen) atoms. The van der Waals surface area contributed by atoms with Crippen molar-refractivity contribution in [2.75, 3.05) is 7.11 Å². The Balaban J connectivity index is 1.53. The van der Waals surface area contributed by atoms with Crippen molar-refractivity contribution in [3.63, 3.8) is 0 Å². The van der Waals surface area contributed by atoms with Crippen LogP contribution < -0.4 is 10.1 Å². The zero-order valence-corrected chi connectivity index (χ0v) is 20.6. The number of aromatic hydroxyl groups is 1. The molecule has 0 amide bonds. The molecule has 3 aromatic rings. The largest absolute Gasteiger partial charge is 0.508 e. The van der Waals surface area contributed by atoms with E-state index in [-0.39, 0.29) is 30.5 Å². The Kier molecular flexibility index (Phi) is 6.72. The van der Waals surface area contributed by atoms with Gasteiger partial charge in [0, 0.05) is 47.6 Å². The van der Waals surface area contributed by atoms with Crippen molar-refractivity contribution in [3.8, 4) is 11.5 Å². The van der Waals surface area contributed by atoms with E-state index in [1.807, 2.05) is 24.3 Å². The number of Topliss-reactive ketones (excluding diaryl/α,β-unsaturated/α-hetero) is 1. The molecule has 2 N–H and O–H groups in total. The maximum atomic E-state index is 13.7. The second-order valence-corrected chi connectivity index (χ2v) is 9.10. The third-order valence-corrected chi connectivity index (χ3v) is 6.78. The highest BCUT2D eigenvalue weighted by Gasteiger charge is 2.42. The molecule has 0 bridgehead atoms. The van der Waals surface area contributed by atoms with Gasteiger partial charge >= 0.3 is 5.97 Å². The van der Waals surface area contributed by atoms with Crippen LogP contribution in [0.25, 0.3) is 0 Å². The van der Waals surface area contributed by atoms with Gasteiger partial charge < -0.3 is 19.9 Å². The number of hydrogen-bond donors (Lipinski definition) is 2. The number of rotatable bonds is 6. The molecule has 1 aliphatic heterocycles. The van der Waals surface area contributed by atoms with Gasteiger partial charge in [-0.3, -0.25) is 4.79 Å². The molecule has 2 aromatic carbocycles. The van der Waals surface area contributed by atoms with Crippen LogP contribution in [0.3, 0.4) is 0 Å². The predicted octanol–water partition coefficient (Wildman–Crippen LogP) is 4.30. The Labute approximate surface area is 214 Å². The van der Waals surface area contributed by atoms with E-state index in [4.69, 9.17) is 9.47 Å². The number of ketones is 1. The number of esters is 1. The van der Waals surface area contributed by atoms with Crippen molar-refractivity contribution in [3.05, 3.63) is 106 Å². The minimum absolute atomic E-state index is 0.0522. The molecule has 8 nitrogen and oxygen atoms in total. The lowest BCUT2D eigenvalue weighted by atomic mass is 9.71. The molecule has 2 heterocycles. The summed E-state index contributed by atoms with van der Waals surface area (Å²) in [6.07, 6.45) is 4.01. The van der Waals surface area contributed by atoms with Crippen LogP contribution in [0.2, 0.25) is 0 Å². The van der Waals surface area contributed by atoms with Crippen LogP contribution in [0.1, 0.15) is 48.6 Å². The maximum absolute atomic E-state index is 13.7. The topological polar surface area (TPSA) is 111 Å². The lowest BCUT2D eigenvalue weighted by Crippen LogP contribution is -2.36. The molecule has 0 fully saturated rings. The molecule has 0 radical (unpaired) electrons. The minimum atomic E-state index is -0.682. The Morgan fingerprint density at radius 3 is 2.62 bits per heavy atom. The molecule has 1 aromatic heterocycles. The van der Waals surface area contributed by atoms with Crippen LogP contribution in [0.15, 0.2) is 89.5 Å². The highest BCUT2D eigenvalue weighted by atomic mass is 16.5. The molecule has 2 atom stereocenters. The van der Waals surface area contributed by atoms with Crippen LogP contribution in [0.5, 0.6) is 11.5 Å². The third kappa shape index (κ3) is 4.82. The molecule has 5 rings (SSSR count). The average molecular weight is 498 g/mol. The first-order valence-electron chi connectivity index (χ1n) is 12.0. The second-order valence-electron chi connectivity index (χ2n) is 9.10. The fourth-order valence-electron chi connectivity index (χ4n) is 5.18. The Hall–Kier alpha value is -4.46. The number of phenols is 1. The summed E-state index contributed by atoms with van der Waals surface area (Å²) in [5.41, 5.74) is 3.81. The quantitative estimate of drug-likeness (QED) is 0.485. The SMILES string of the molecule is COc1ccccc1C1CC(=O)C2=C(C1)NC(C)=C(C(=O)OCc1ncccn1)C2c1cccc(O)c1. The molecule has 1 aliphatic carbocycles. The smallest absolute Gasteiger partial charge is 0.337 e. The molecule has 188 valence electrons. The zero-order chi connectivity index (χ0) is 25.9. The number of ether oxygens (including phenoxy) is 2. The fraction of sp³-hybridized carbons (Fsp3) is 0.241. The number of nitrogens with zero attached hydrogens (tertiary/aromatic N) is 2. The number of hydrogen-bond acceptors (Lipinski definition) is 8. The van der Waals surface area contributed by atoms with Gasteiger partial charge in [-0.25, -0.2) is 14.8 Å². The summed E-state index contributed by atoms with van der Waals surface area (Å²) in [5.74, 6) is -0.227. The highest BCUT2D eigenvalue weighted by molar-refractivity contribution is 6.04. The Morgan fingerprint density at radius 2 is 1.86 bits per heavy atom. The van der Waals surface area contributed by atoms with Crippen LogP contribution >= 0.6 is 0 Å². The van der Waals surface area contributed by atoms with Gasteiger partial charge in [0.05, 0.1) is 12.7 Å². The minimum Gasteiger partial charge on any atom is -0.508 e. The zero-order valence-electron chi connectivity index (χ0n) is 20.6. The Bertz CT molecular complexity index is 1410. The van der Waals surface area contributed by atoms with Crippen LogP contribution in [-0.4, -0.2) is 33.9 Å². The fourth-order valence-corrected chi connectivity index (χ4v) is 5.18. The highest BCUT2D eigenvalue weighted by Crippen LogP contribution is 2.47. The van der Waals surface area contributed by atoms with Crippen LogP contribution in [0.4, 0.5) is 0 Å². The maximum Gasteiger partial charge on any atom is 0.337 e. The average Bonchev–Trinajstić information content (AvgIpc) is 2.91. The van der Waals surface area contributed by atoms with Gasteiger partial charge in [-0.05, 0) is 48.7 Å². The summed E-state index contributed by atoms with van der Waals surface area (Å²) in [6, 6.07) is 16.0. The predicted molar refractivity (Wildman–Crippen MR) is 136 cm³/mol. The van der Waals surface area contributed by atoms with Crippen molar-refractivity contribution in [1.29, 1.82) is 0 Å². The normalized spacial score (nSPS) is 19.2. The number of methoxy groups -OCH3 is 1. The van der Waals surface area contributed by atoms with Gasteiger partial charge in [-0.1, -0.05) is 30.3 Å². The summed E-state index contributed by atoms with van der Waals surface area (Å²) in [5, 5.41) is 13.6. The number of nitrogens with one attached hydrogen (secondary N) is 1. The molecule has 2 aliphatic rings. The van der Waals surface area contributed by atoms with E-state index in [0.29, 0.717) is 34.7 Å². The first-order chi connectivity index (χ1) is 18.0. The number of carbonyl (C=O) groups excluding carboxylic acids is 2. The lowest BCUT2D eigenvalue weighted by Gasteiger charge is -2.37. The summed E-state index contributed by atoms with van der Waals surface area (Å²) < 4.78 is 11.1. The first-order valence-corrected chi connectivity index (χ1v) is 12.0. The van der Waals surface area contributed by atoms with Crippen molar-refractivity contribution in [2.24, 2.45) is 0 Å². The summed E-state index contributed by atoms with van der Waals surface area (Å²) >= 11 is 0. The standard InChI is InChI=1S/C29H27N3O5/c1-17-26(29(35)37-16-25-30-11-6-12-31-25)27(18-7-5-8-20(33)13-18)28-22(32-17)14-19(15-23(28)34)21-9-3-4-10-24(21)36-2/h3-13,19,27,32-33H,14-16H2,1-2H3. The van der Waals surface area contributed by atoms with Crippen molar-refractivity contribution >= 4 is 11.8 Å². The van der Waals surface area contributed by atoms with E-state index < -0.39 is 11.9 Å². The molecule has 8 heteroatoms. The van der Waals surface area contributed by atoms with E-state index in [9.17, 15) is 14.7 Å². The Morgan fingerprint density at radius 1 is 1.08 bits per heavy atom. The van der Waals surface area contributed by atoms with E-state index in [0.717, 1.165) is 17.0 Å². The van der Waals surface area contributed by atoms with Gasteiger partial charge in [-0.15, -0.1) is 0 Å². The third-order valence-electron chi connectivity index (χ3n) is 6.78. The monoisotopic (exact) mass is 497 g/mol. The number of benzene rings is 2. The van der Waals surface area contributed by atoms with Gasteiger partial charge in [0.15, 0.2) is 18.2 Å². The van der Waals surface area contributed by atoms with Gasteiger partial charge in [0.25, 0.3) is 0 Å². The van der Waals surface area contributed by atoms with Crippen molar-refractivity contribution < 1.29 is 24.2 Å². The molecular formula is C29H27N3O5. The number of phenolic OH excluding ortho intramolecular Hbond substituents is 1. The number of aromatic nitrogens is 2. The van der Waals surface area contributed by atoms with E-state index in [1.54, 1.807) is 56.8 Å². The lowest BCUT2D eigenvalue weighted by molar-refractivity contribution is -0.140. The van der Waals surface area contributed by atoms with Crippen LogP contribution in [-0.2, 0) is 20.9 Å². The van der Waals surface area contributed by atoms with Crippen LogP contribution in [0, 0.1) is 0 Å². The first kappa shape index (κ1) is 24.2. The number of para-hydroxylation sites is 1. The molecule has 2 unspecified atom stereocenters. The van der Waals surface area contributed by atoms with Gasteiger partial charge in [0.2, 0.25) is 0 Å². The van der Waals surface area contributed by atoms with E-state index in [1.165, 1.54) is 0 Å². The van der Waals surface area contributed by atoms with Gasteiger partial charge in [-0.2, -0.15) is 0 Å². The second kappa shape index (κ2) is 10.3. The summed E-state index contributed by atoms with van der Waals surface area (Å²) in [4.78, 5) is 35.4. The molecule has 0 saturated heterocycles.